The first kappa shape index (κ1) is 56.4. The van der Waals surface area contributed by atoms with E-state index in [0.717, 1.165) is 24.0 Å². The van der Waals surface area contributed by atoms with E-state index in [2.05, 4.69) is 182 Å². The van der Waals surface area contributed by atoms with Crippen LogP contribution in [0.1, 0.15) is 161 Å². The highest BCUT2D eigenvalue weighted by Crippen LogP contribution is 2.35. The quantitative estimate of drug-likeness (QED) is 0.144. The number of benzene rings is 3. The van der Waals surface area contributed by atoms with Gasteiger partial charge >= 0.3 is 0 Å². The van der Waals surface area contributed by atoms with E-state index >= 15 is 0 Å². The van der Waals surface area contributed by atoms with Crippen LogP contribution >= 0.6 is 0 Å². The van der Waals surface area contributed by atoms with Gasteiger partial charge in [-0.3, -0.25) is 0 Å². The Labute approximate surface area is 338 Å². The van der Waals surface area contributed by atoms with Crippen molar-refractivity contribution in [3.63, 3.8) is 0 Å². The largest absolute Gasteiger partial charge is 0.124 e. The van der Waals surface area contributed by atoms with Crippen molar-refractivity contribution in [1.29, 1.82) is 0 Å². The number of terminal acetylenes is 1. The van der Waals surface area contributed by atoms with Gasteiger partial charge in [0.15, 0.2) is 0 Å². The summed E-state index contributed by atoms with van der Waals surface area (Å²) < 4.78 is 0. The first-order valence-corrected chi connectivity index (χ1v) is 19.9. The fraction of sp³-hybridized carbons (Fsp3) is 0.407. The molecular formula is C54H82. The number of rotatable bonds is 10. The van der Waals surface area contributed by atoms with Crippen molar-refractivity contribution in [3.05, 3.63) is 149 Å². The average molecular weight is 731 g/mol. The summed E-state index contributed by atoms with van der Waals surface area (Å²) >= 11 is 0. The molecule has 0 radical (unpaired) electrons. The minimum Gasteiger partial charge on any atom is -0.124 e. The van der Waals surface area contributed by atoms with Crippen molar-refractivity contribution >= 4 is 17.2 Å². The molecule has 0 nitrogen and oxygen atoms in total. The molecule has 54 heavy (non-hydrogen) atoms. The maximum absolute atomic E-state index is 4.52. The summed E-state index contributed by atoms with van der Waals surface area (Å²) in [6.07, 6.45) is 18.2. The van der Waals surface area contributed by atoms with Gasteiger partial charge in [-0.25, -0.2) is 0 Å². The number of hydrogen-bond donors (Lipinski definition) is 0. The molecule has 0 aliphatic rings. The van der Waals surface area contributed by atoms with Gasteiger partial charge in [-0.1, -0.05) is 153 Å². The minimum atomic E-state index is 0.598. The molecule has 3 aromatic carbocycles. The van der Waals surface area contributed by atoms with Crippen LogP contribution in [0, 0.1) is 39.5 Å². The first-order chi connectivity index (χ1) is 25.4. The second kappa shape index (κ2) is 34.4. The van der Waals surface area contributed by atoms with Gasteiger partial charge in [0, 0.05) is 0 Å². The summed E-state index contributed by atoms with van der Waals surface area (Å²) in [7, 11) is 0. The van der Waals surface area contributed by atoms with Gasteiger partial charge in [0.1, 0.15) is 0 Å². The highest BCUT2D eigenvalue weighted by molar-refractivity contribution is 5.87. The molecule has 0 amide bonds. The predicted molar refractivity (Wildman–Crippen MR) is 256 cm³/mol. The highest BCUT2D eigenvalue weighted by atomic mass is 14.2. The highest BCUT2D eigenvalue weighted by Gasteiger charge is 2.13. The Bertz CT molecular complexity index is 1560. The van der Waals surface area contributed by atoms with Crippen LogP contribution in [0.15, 0.2) is 110 Å². The van der Waals surface area contributed by atoms with Crippen molar-refractivity contribution in [1.82, 2.24) is 0 Å². The number of allylic oxidation sites excluding steroid dienone is 5. The van der Waals surface area contributed by atoms with Crippen molar-refractivity contribution < 1.29 is 0 Å². The molecule has 0 heteroatoms. The molecule has 0 aromatic heterocycles. The van der Waals surface area contributed by atoms with Crippen LogP contribution in [-0.4, -0.2) is 0 Å². The normalized spacial score (nSPS) is 9.31. The van der Waals surface area contributed by atoms with Crippen LogP contribution in [0.2, 0.25) is 0 Å². The SMILES string of the molecule is C#C.C=C(C)C.C=C(C)C.C=C(C)CCC.C=C(CC(C)C)c1ccc(C)c(-c2cc(C(=C)c3cccc(C)c3/C=C\CC)ccc2C)c1.CC.CCC. The lowest BCUT2D eigenvalue weighted by molar-refractivity contribution is 0.674. The Morgan fingerprint density at radius 3 is 1.46 bits per heavy atom. The van der Waals surface area contributed by atoms with Crippen LogP contribution in [0.3, 0.4) is 0 Å². The zero-order valence-electron chi connectivity index (χ0n) is 38.2. The summed E-state index contributed by atoms with van der Waals surface area (Å²) in [6.45, 7) is 53.3. The monoisotopic (exact) mass is 731 g/mol. The van der Waals surface area contributed by atoms with Gasteiger partial charge in [-0.05, 0) is 154 Å². The summed E-state index contributed by atoms with van der Waals surface area (Å²) in [5.74, 6) is 0.598. The molecular weight excluding hydrogens is 649 g/mol. The van der Waals surface area contributed by atoms with E-state index < -0.39 is 0 Å². The van der Waals surface area contributed by atoms with Crippen molar-refractivity contribution in [2.45, 2.75) is 143 Å². The maximum Gasteiger partial charge on any atom is -0.0109 e. The van der Waals surface area contributed by atoms with E-state index in [1.807, 2.05) is 41.5 Å². The van der Waals surface area contributed by atoms with Crippen LogP contribution < -0.4 is 0 Å². The summed E-state index contributed by atoms with van der Waals surface area (Å²) in [5.41, 5.74) is 17.1. The summed E-state index contributed by atoms with van der Waals surface area (Å²) in [6, 6.07) is 20.0. The minimum absolute atomic E-state index is 0.598. The van der Waals surface area contributed by atoms with E-state index in [9.17, 15) is 0 Å². The molecule has 0 unspecified atom stereocenters. The third kappa shape index (κ3) is 26.4. The van der Waals surface area contributed by atoms with Crippen LogP contribution in [0.25, 0.3) is 28.3 Å². The third-order valence-electron chi connectivity index (χ3n) is 7.02. The smallest absolute Gasteiger partial charge is 0.0109 e. The molecule has 3 aromatic rings. The van der Waals surface area contributed by atoms with Crippen LogP contribution in [0.4, 0.5) is 0 Å². The summed E-state index contributed by atoms with van der Waals surface area (Å²) in [5, 5.41) is 0. The van der Waals surface area contributed by atoms with Gasteiger partial charge in [0.2, 0.25) is 0 Å². The lowest BCUT2D eigenvalue weighted by atomic mass is 9.87. The zero-order chi connectivity index (χ0) is 43.0. The van der Waals surface area contributed by atoms with E-state index in [1.165, 1.54) is 86.1 Å². The van der Waals surface area contributed by atoms with Crippen LogP contribution in [-0.2, 0) is 0 Å². The number of hydrogen-bond acceptors (Lipinski definition) is 0. The Balaban J connectivity index is -0.000000492. The standard InChI is InChI=1S/C33H38.C6H12.2C4H8.C3H8.C2H6.C2H2/c1-9-10-13-30-23(4)12-11-14-31(30)27(8)29-18-16-25(6)33(21-29)32-20-28(17-15-24(32)5)26(7)19-22(2)3;1-4-5-6(2)3;2*1-4(2)3;1-3-2;2*1-2/h10-18,20-22H,7-9,19H2,1-6H3;2,4-5H2,1,3H3;2*1H2,2-3H3;3H2,1-2H3;1-2H3;1-2H/b13-10-;;;;;;. The molecule has 0 atom stereocenters. The molecule has 0 saturated heterocycles. The molecule has 3 rings (SSSR count). The molecule has 0 aliphatic heterocycles. The van der Waals surface area contributed by atoms with Gasteiger partial charge < -0.3 is 0 Å². The number of aryl methyl sites for hydroxylation is 3. The molecule has 0 saturated carbocycles. The molecule has 0 heterocycles. The van der Waals surface area contributed by atoms with E-state index in [4.69, 9.17) is 0 Å². The molecule has 0 N–H and O–H groups in total. The first-order valence-electron chi connectivity index (χ1n) is 19.9. The lowest BCUT2D eigenvalue weighted by Gasteiger charge is -2.17. The zero-order valence-corrected chi connectivity index (χ0v) is 38.2. The van der Waals surface area contributed by atoms with Crippen molar-refractivity contribution in [2.75, 3.05) is 0 Å². The Hall–Kier alpha value is -4.34. The van der Waals surface area contributed by atoms with Gasteiger partial charge in [0.05, 0.1) is 0 Å². The molecule has 0 spiro atoms. The van der Waals surface area contributed by atoms with Gasteiger partial charge in [0.25, 0.3) is 0 Å². The van der Waals surface area contributed by atoms with E-state index in [0.29, 0.717) is 5.92 Å². The summed E-state index contributed by atoms with van der Waals surface area (Å²) in [4.78, 5) is 0. The van der Waals surface area contributed by atoms with Crippen molar-refractivity contribution in [3.8, 4) is 24.0 Å². The second-order valence-corrected chi connectivity index (χ2v) is 14.4. The predicted octanol–water partition coefficient (Wildman–Crippen LogP) is 18.0. The third-order valence-corrected chi connectivity index (χ3v) is 7.02. The lowest BCUT2D eigenvalue weighted by Crippen LogP contribution is -1.96. The fourth-order valence-corrected chi connectivity index (χ4v) is 4.83. The van der Waals surface area contributed by atoms with Crippen molar-refractivity contribution in [2.24, 2.45) is 5.92 Å². The molecule has 0 aliphatic carbocycles. The molecule has 298 valence electrons. The maximum atomic E-state index is 4.52. The molecule has 0 bridgehead atoms. The van der Waals surface area contributed by atoms with Crippen LogP contribution in [0.5, 0.6) is 0 Å². The van der Waals surface area contributed by atoms with E-state index in [-0.39, 0.29) is 0 Å². The Kier molecular flexibility index (Phi) is 36.0. The fourth-order valence-electron chi connectivity index (χ4n) is 4.83. The topological polar surface area (TPSA) is 0 Å². The molecule has 0 fully saturated rings. The van der Waals surface area contributed by atoms with E-state index in [1.54, 1.807) is 0 Å². The van der Waals surface area contributed by atoms with Gasteiger partial charge in [-0.15, -0.1) is 32.6 Å². The Morgan fingerprint density at radius 1 is 0.667 bits per heavy atom. The Morgan fingerprint density at radius 2 is 1.09 bits per heavy atom. The second-order valence-electron chi connectivity index (χ2n) is 14.4. The average Bonchev–Trinajstić information content (AvgIpc) is 3.09. The van der Waals surface area contributed by atoms with Gasteiger partial charge in [-0.2, -0.15) is 0 Å².